The average Bonchev–Trinajstić information content (AvgIpc) is 2.68. The molecule has 0 unspecified atom stereocenters. The molecule has 0 bridgehead atoms. The molecule has 0 spiro atoms. The third-order valence-electron chi connectivity index (χ3n) is 4.59. The lowest BCUT2D eigenvalue weighted by molar-refractivity contribution is -0.125. The highest BCUT2D eigenvalue weighted by molar-refractivity contribution is 6.30. The Morgan fingerprint density at radius 1 is 1.11 bits per heavy atom. The van der Waals surface area contributed by atoms with Crippen LogP contribution in [0, 0.1) is 0 Å². The van der Waals surface area contributed by atoms with E-state index in [1.54, 1.807) is 18.3 Å². The summed E-state index contributed by atoms with van der Waals surface area (Å²) in [4.78, 5) is 16.9. The van der Waals surface area contributed by atoms with Gasteiger partial charge in [-0.2, -0.15) is 0 Å². The zero-order valence-corrected chi connectivity index (χ0v) is 16.3. The SMILES string of the molecule is CC(C)(C(=O)NCCCOc1cccc2cccnc12)c1ccc(Cl)cc1. The van der Waals surface area contributed by atoms with Crippen molar-refractivity contribution >= 4 is 28.4 Å². The highest BCUT2D eigenvalue weighted by atomic mass is 35.5. The quantitative estimate of drug-likeness (QED) is 0.600. The fourth-order valence-electron chi connectivity index (χ4n) is 2.87. The van der Waals surface area contributed by atoms with Gasteiger partial charge in [0.15, 0.2) is 0 Å². The molecule has 0 atom stereocenters. The molecular weight excluding hydrogens is 360 g/mol. The molecule has 0 fully saturated rings. The number of hydrogen-bond acceptors (Lipinski definition) is 3. The number of amides is 1. The van der Waals surface area contributed by atoms with E-state index in [1.807, 2.05) is 56.3 Å². The van der Waals surface area contributed by atoms with E-state index >= 15 is 0 Å². The first-order valence-electron chi connectivity index (χ1n) is 8.99. The van der Waals surface area contributed by atoms with Gasteiger partial charge in [0.1, 0.15) is 11.3 Å². The molecule has 1 heterocycles. The second-order valence-electron chi connectivity index (χ2n) is 6.92. The van der Waals surface area contributed by atoms with Crippen LogP contribution in [0.3, 0.4) is 0 Å². The number of nitrogens with one attached hydrogen (secondary N) is 1. The number of nitrogens with zero attached hydrogens (tertiary/aromatic N) is 1. The topological polar surface area (TPSA) is 51.2 Å². The molecule has 1 amide bonds. The van der Waals surface area contributed by atoms with E-state index < -0.39 is 5.41 Å². The van der Waals surface area contributed by atoms with Crippen molar-refractivity contribution in [2.75, 3.05) is 13.2 Å². The molecule has 140 valence electrons. The van der Waals surface area contributed by atoms with Gasteiger partial charge >= 0.3 is 0 Å². The Morgan fingerprint density at radius 3 is 2.63 bits per heavy atom. The molecule has 1 aromatic heterocycles. The number of rotatable bonds is 7. The van der Waals surface area contributed by atoms with E-state index in [2.05, 4.69) is 10.3 Å². The summed E-state index contributed by atoms with van der Waals surface area (Å²) in [7, 11) is 0. The Bertz CT molecular complexity index is 918. The maximum atomic E-state index is 12.6. The maximum absolute atomic E-state index is 12.6. The van der Waals surface area contributed by atoms with Crippen molar-refractivity contribution < 1.29 is 9.53 Å². The summed E-state index contributed by atoms with van der Waals surface area (Å²) in [6.45, 7) is 4.87. The third kappa shape index (κ3) is 4.58. The van der Waals surface area contributed by atoms with E-state index in [1.165, 1.54) is 0 Å². The first-order valence-corrected chi connectivity index (χ1v) is 9.37. The van der Waals surface area contributed by atoms with Gasteiger partial charge < -0.3 is 10.1 Å². The molecule has 0 radical (unpaired) electrons. The van der Waals surface area contributed by atoms with Crippen LogP contribution in [0.25, 0.3) is 10.9 Å². The van der Waals surface area contributed by atoms with E-state index in [9.17, 15) is 4.79 Å². The number of hydrogen-bond donors (Lipinski definition) is 1. The number of para-hydroxylation sites is 1. The van der Waals surface area contributed by atoms with Crippen LogP contribution in [0.1, 0.15) is 25.8 Å². The first kappa shape index (κ1) is 19.2. The Balaban J connectivity index is 1.49. The van der Waals surface area contributed by atoms with Gasteiger partial charge in [-0.15, -0.1) is 0 Å². The van der Waals surface area contributed by atoms with Gasteiger partial charge in [0.05, 0.1) is 12.0 Å². The van der Waals surface area contributed by atoms with Crippen LogP contribution in [0.4, 0.5) is 0 Å². The molecular formula is C22H23ClN2O2. The van der Waals surface area contributed by atoms with Crippen LogP contribution in [0.5, 0.6) is 5.75 Å². The normalized spacial score (nSPS) is 11.4. The molecule has 4 nitrogen and oxygen atoms in total. The molecule has 0 aliphatic carbocycles. The Labute approximate surface area is 164 Å². The third-order valence-corrected chi connectivity index (χ3v) is 4.85. The van der Waals surface area contributed by atoms with Crippen molar-refractivity contribution in [1.29, 1.82) is 0 Å². The Hall–Kier alpha value is -2.59. The van der Waals surface area contributed by atoms with Crippen LogP contribution < -0.4 is 10.1 Å². The summed E-state index contributed by atoms with van der Waals surface area (Å²) in [6, 6.07) is 17.2. The Morgan fingerprint density at radius 2 is 1.85 bits per heavy atom. The summed E-state index contributed by atoms with van der Waals surface area (Å²) in [5.41, 5.74) is 1.17. The summed E-state index contributed by atoms with van der Waals surface area (Å²) in [5.74, 6) is 0.748. The number of halogens is 1. The van der Waals surface area contributed by atoms with Gasteiger partial charge in [0, 0.05) is 23.2 Å². The van der Waals surface area contributed by atoms with E-state index in [0.29, 0.717) is 24.6 Å². The van der Waals surface area contributed by atoms with Crippen LogP contribution >= 0.6 is 11.6 Å². The van der Waals surface area contributed by atoms with Crippen molar-refractivity contribution in [3.8, 4) is 5.75 Å². The van der Waals surface area contributed by atoms with Crippen molar-refractivity contribution in [2.45, 2.75) is 25.7 Å². The molecule has 3 rings (SSSR count). The second-order valence-corrected chi connectivity index (χ2v) is 7.36. The molecule has 0 aliphatic rings. The highest BCUT2D eigenvalue weighted by Gasteiger charge is 2.29. The summed E-state index contributed by atoms with van der Waals surface area (Å²) in [5, 5.41) is 4.70. The average molecular weight is 383 g/mol. The monoisotopic (exact) mass is 382 g/mol. The van der Waals surface area contributed by atoms with Crippen LogP contribution in [-0.2, 0) is 10.2 Å². The lowest BCUT2D eigenvalue weighted by Gasteiger charge is -2.24. The number of carbonyl (C=O) groups excluding carboxylic acids is 1. The van der Waals surface area contributed by atoms with Gasteiger partial charge in [0.2, 0.25) is 5.91 Å². The zero-order chi connectivity index (χ0) is 19.3. The first-order chi connectivity index (χ1) is 13.0. The molecule has 1 N–H and O–H groups in total. The minimum absolute atomic E-state index is 0.0170. The fraction of sp³-hybridized carbons (Fsp3) is 0.273. The van der Waals surface area contributed by atoms with Crippen LogP contribution in [-0.4, -0.2) is 24.0 Å². The van der Waals surface area contributed by atoms with E-state index in [0.717, 1.165) is 22.2 Å². The van der Waals surface area contributed by atoms with Crippen molar-refractivity contribution in [2.24, 2.45) is 0 Å². The van der Waals surface area contributed by atoms with Crippen LogP contribution in [0.15, 0.2) is 60.8 Å². The highest BCUT2D eigenvalue weighted by Crippen LogP contribution is 2.25. The predicted octanol–water partition coefficient (Wildman–Crippen LogP) is 4.75. The van der Waals surface area contributed by atoms with Gasteiger partial charge in [-0.1, -0.05) is 41.9 Å². The number of aromatic nitrogens is 1. The summed E-state index contributed by atoms with van der Waals surface area (Å²) < 4.78 is 5.86. The molecule has 0 aliphatic heterocycles. The van der Waals surface area contributed by atoms with Gasteiger partial charge in [-0.3, -0.25) is 9.78 Å². The molecule has 0 saturated heterocycles. The fourth-order valence-corrected chi connectivity index (χ4v) is 2.99. The van der Waals surface area contributed by atoms with E-state index in [4.69, 9.17) is 16.3 Å². The maximum Gasteiger partial charge on any atom is 0.230 e. The van der Waals surface area contributed by atoms with Crippen molar-refractivity contribution in [1.82, 2.24) is 10.3 Å². The number of carbonyl (C=O) groups is 1. The van der Waals surface area contributed by atoms with Crippen molar-refractivity contribution in [3.05, 3.63) is 71.4 Å². The molecule has 0 saturated carbocycles. The lowest BCUT2D eigenvalue weighted by atomic mass is 9.84. The smallest absolute Gasteiger partial charge is 0.230 e. The summed E-state index contributed by atoms with van der Waals surface area (Å²) in [6.07, 6.45) is 2.47. The summed E-state index contributed by atoms with van der Waals surface area (Å²) >= 11 is 5.93. The number of fused-ring (bicyclic) bond motifs is 1. The molecule has 3 aromatic rings. The zero-order valence-electron chi connectivity index (χ0n) is 15.5. The lowest BCUT2D eigenvalue weighted by Crippen LogP contribution is -2.40. The number of benzene rings is 2. The molecule has 2 aromatic carbocycles. The predicted molar refractivity (Wildman–Crippen MR) is 109 cm³/mol. The minimum atomic E-state index is -0.620. The minimum Gasteiger partial charge on any atom is -0.491 e. The van der Waals surface area contributed by atoms with Gasteiger partial charge in [-0.05, 0) is 50.1 Å². The molecule has 27 heavy (non-hydrogen) atoms. The van der Waals surface area contributed by atoms with Crippen molar-refractivity contribution in [3.63, 3.8) is 0 Å². The Kier molecular flexibility index (Phi) is 5.97. The van der Waals surface area contributed by atoms with Gasteiger partial charge in [0.25, 0.3) is 0 Å². The van der Waals surface area contributed by atoms with E-state index in [-0.39, 0.29) is 5.91 Å². The number of pyridine rings is 1. The second kappa shape index (κ2) is 8.40. The van der Waals surface area contributed by atoms with Gasteiger partial charge in [-0.25, -0.2) is 0 Å². The largest absolute Gasteiger partial charge is 0.491 e. The number of ether oxygens (including phenoxy) is 1. The molecule has 5 heteroatoms. The standard InChI is InChI=1S/C22H23ClN2O2/c1-22(2,17-9-11-18(23)12-10-17)21(26)25-14-5-15-27-19-8-3-6-16-7-4-13-24-20(16)19/h3-4,6-13H,5,14-15H2,1-2H3,(H,25,26). The van der Waals surface area contributed by atoms with Crippen LogP contribution in [0.2, 0.25) is 5.02 Å².